The number of likely N-dealkylation sites (tertiary alicyclic amines) is 1. The zero-order valence-corrected chi connectivity index (χ0v) is 16.2. The quantitative estimate of drug-likeness (QED) is 0.796. The van der Waals surface area contributed by atoms with Crippen molar-refractivity contribution in [1.29, 1.82) is 0 Å². The van der Waals surface area contributed by atoms with E-state index in [0.29, 0.717) is 11.8 Å². The van der Waals surface area contributed by atoms with Crippen LogP contribution >= 0.6 is 24.2 Å². The van der Waals surface area contributed by atoms with Gasteiger partial charge in [-0.05, 0) is 52.0 Å². The second-order valence-corrected chi connectivity index (χ2v) is 7.79. The fourth-order valence-electron chi connectivity index (χ4n) is 3.03. The van der Waals surface area contributed by atoms with Crippen molar-refractivity contribution in [2.75, 3.05) is 25.4 Å². The van der Waals surface area contributed by atoms with Crippen molar-refractivity contribution in [3.05, 3.63) is 17.0 Å². The molecule has 1 saturated carbocycles. The Bertz CT molecular complexity index is 520. The summed E-state index contributed by atoms with van der Waals surface area (Å²) in [5, 5.41) is 7.61. The molecule has 136 valence electrons. The molecule has 1 saturated heterocycles. The van der Waals surface area contributed by atoms with Gasteiger partial charge in [0.2, 0.25) is 5.91 Å². The summed E-state index contributed by atoms with van der Waals surface area (Å²) in [6.07, 6.45) is 4.97. The molecule has 24 heavy (non-hydrogen) atoms. The van der Waals surface area contributed by atoms with Crippen LogP contribution in [0.1, 0.15) is 42.7 Å². The van der Waals surface area contributed by atoms with Gasteiger partial charge in [-0.1, -0.05) is 5.16 Å². The second-order valence-electron chi connectivity index (χ2n) is 6.80. The molecule has 1 amide bonds. The number of aryl methyl sites for hydroxylation is 2. The Morgan fingerprint density at radius 2 is 2.00 bits per heavy atom. The Labute approximate surface area is 154 Å². The number of rotatable bonds is 7. The molecule has 1 N–H and O–H groups in total. The molecule has 0 bridgehead atoms. The van der Waals surface area contributed by atoms with E-state index in [-0.39, 0.29) is 18.3 Å². The van der Waals surface area contributed by atoms with Gasteiger partial charge in [0.1, 0.15) is 5.76 Å². The highest BCUT2D eigenvalue weighted by Gasteiger charge is 2.25. The lowest BCUT2D eigenvalue weighted by Crippen LogP contribution is -2.45. The average Bonchev–Trinajstić information content (AvgIpc) is 3.34. The highest BCUT2D eigenvalue weighted by molar-refractivity contribution is 7.99. The summed E-state index contributed by atoms with van der Waals surface area (Å²) in [7, 11) is 0. The van der Waals surface area contributed by atoms with Crippen molar-refractivity contribution in [1.82, 2.24) is 15.4 Å². The molecule has 2 heterocycles. The number of piperidine rings is 1. The molecule has 7 heteroatoms. The molecule has 1 aliphatic heterocycles. The highest BCUT2D eigenvalue weighted by Crippen LogP contribution is 2.28. The summed E-state index contributed by atoms with van der Waals surface area (Å²) >= 11 is 1.66. The number of nitrogens with zero attached hydrogens (tertiary/aromatic N) is 2. The van der Waals surface area contributed by atoms with Gasteiger partial charge in [-0.3, -0.25) is 4.79 Å². The van der Waals surface area contributed by atoms with Crippen LogP contribution in [-0.2, 0) is 10.5 Å². The molecule has 1 aliphatic carbocycles. The van der Waals surface area contributed by atoms with Crippen molar-refractivity contribution in [3.8, 4) is 0 Å². The molecule has 0 aromatic carbocycles. The third kappa shape index (κ3) is 5.39. The molecule has 2 fully saturated rings. The monoisotopic (exact) mass is 373 g/mol. The Morgan fingerprint density at radius 1 is 1.29 bits per heavy atom. The van der Waals surface area contributed by atoms with Crippen LogP contribution in [0.25, 0.3) is 0 Å². The Morgan fingerprint density at radius 3 is 2.58 bits per heavy atom. The van der Waals surface area contributed by atoms with Gasteiger partial charge in [0.25, 0.3) is 0 Å². The van der Waals surface area contributed by atoms with Crippen LogP contribution in [0.5, 0.6) is 0 Å². The Hall–Kier alpha value is -0.720. The Kier molecular flexibility index (Phi) is 7.44. The summed E-state index contributed by atoms with van der Waals surface area (Å²) < 4.78 is 5.16. The first-order valence-corrected chi connectivity index (χ1v) is 9.79. The molecule has 1 aromatic rings. The molecule has 1 aromatic heterocycles. The van der Waals surface area contributed by atoms with Crippen LogP contribution in [0.2, 0.25) is 0 Å². The maximum Gasteiger partial charge on any atom is 0.232 e. The number of hydrogen-bond donors (Lipinski definition) is 1. The first-order chi connectivity index (χ1) is 11.1. The number of aromatic nitrogens is 1. The predicted octanol–water partition coefficient (Wildman–Crippen LogP) is 2.94. The first-order valence-electron chi connectivity index (χ1n) is 8.64. The summed E-state index contributed by atoms with van der Waals surface area (Å²) in [6.45, 7) is 6.84. The van der Waals surface area contributed by atoms with E-state index in [9.17, 15) is 4.79 Å². The van der Waals surface area contributed by atoms with E-state index in [1.54, 1.807) is 11.8 Å². The minimum absolute atomic E-state index is 0. The van der Waals surface area contributed by atoms with E-state index in [1.807, 2.05) is 18.7 Å². The number of thioether (sulfide) groups is 1. The lowest BCUT2D eigenvalue weighted by atomic mass is 10.0. The standard InChI is InChI=1S/C17H27N3O2S.ClH/c1-12-16(13(2)22-19-12)10-23-11-17(21)20-7-5-15(6-8-20)18-9-14-3-4-14;/h14-15,18H,3-11H2,1-2H3;1H. The number of hydrogen-bond acceptors (Lipinski definition) is 5. The van der Waals surface area contributed by atoms with Gasteiger partial charge in [-0.2, -0.15) is 0 Å². The topological polar surface area (TPSA) is 58.4 Å². The van der Waals surface area contributed by atoms with Crippen LogP contribution in [0.3, 0.4) is 0 Å². The van der Waals surface area contributed by atoms with Crippen LogP contribution in [0.4, 0.5) is 0 Å². The molecule has 0 radical (unpaired) electrons. The van der Waals surface area contributed by atoms with Crippen LogP contribution in [-0.4, -0.2) is 47.4 Å². The first kappa shape index (κ1) is 19.6. The van der Waals surface area contributed by atoms with Gasteiger partial charge in [0.05, 0.1) is 11.4 Å². The van der Waals surface area contributed by atoms with Gasteiger partial charge in [-0.15, -0.1) is 24.2 Å². The summed E-state index contributed by atoms with van der Waals surface area (Å²) in [5.74, 6) is 3.40. The van der Waals surface area contributed by atoms with Crippen LogP contribution in [0, 0.1) is 19.8 Å². The minimum Gasteiger partial charge on any atom is -0.361 e. The number of amides is 1. The zero-order chi connectivity index (χ0) is 16.2. The third-order valence-electron chi connectivity index (χ3n) is 4.89. The van der Waals surface area contributed by atoms with Gasteiger partial charge >= 0.3 is 0 Å². The summed E-state index contributed by atoms with van der Waals surface area (Å²) in [5.41, 5.74) is 2.07. The van der Waals surface area contributed by atoms with E-state index in [1.165, 1.54) is 19.4 Å². The normalized spacial score (nSPS) is 18.5. The minimum atomic E-state index is 0. The van der Waals surface area contributed by atoms with Crippen LogP contribution in [0.15, 0.2) is 4.52 Å². The summed E-state index contributed by atoms with van der Waals surface area (Å²) in [6, 6.07) is 0.606. The molecule has 0 spiro atoms. The molecular weight excluding hydrogens is 346 g/mol. The van der Waals surface area contributed by atoms with Crippen molar-refractivity contribution in [3.63, 3.8) is 0 Å². The number of carbonyl (C=O) groups excluding carboxylic acids is 1. The van der Waals surface area contributed by atoms with Crippen molar-refractivity contribution in [2.24, 2.45) is 5.92 Å². The fourth-order valence-corrected chi connectivity index (χ4v) is 4.10. The largest absolute Gasteiger partial charge is 0.361 e. The number of halogens is 1. The molecule has 3 rings (SSSR count). The third-order valence-corrected chi connectivity index (χ3v) is 5.84. The fraction of sp³-hybridized carbons (Fsp3) is 0.765. The van der Waals surface area contributed by atoms with E-state index in [0.717, 1.165) is 54.6 Å². The van der Waals surface area contributed by atoms with E-state index < -0.39 is 0 Å². The molecule has 0 unspecified atom stereocenters. The van der Waals surface area contributed by atoms with Gasteiger partial charge in [-0.25, -0.2) is 0 Å². The van der Waals surface area contributed by atoms with E-state index in [2.05, 4.69) is 10.5 Å². The predicted molar refractivity (Wildman–Crippen MR) is 99.7 cm³/mol. The van der Waals surface area contributed by atoms with E-state index >= 15 is 0 Å². The average molecular weight is 374 g/mol. The smallest absolute Gasteiger partial charge is 0.232 e. The maximum atomic E-state index is 12.3. The van der Waals surface area contributed by atoms with Crippen LogP contribution < -0.4 is 5.32 Å². The van der Waals surface area contributed by atoms with Crippen molar-refractivity contribution < 1.29 is 9.32 Å². The zero-order valence-electron chi connectivity index (χ0n) is 14.5. The van der Waals surface area contributed by atoms with Crippen molar-refractivity contribution in [2.45, 2.75) is 51.3 Å². The van der Waals surface area contributed by atoms with E-state index in [4.69, 9.17) is 4.52 Å². The Balaban J connectivity index is 0.00000208. The van der Waals surface area contributed by atoms with Gasteiger partial charge in [0, 0.05) is 30.4 Å². The summed E-state index contributed by atoms with van der Waals surface area (Å²) in [4.78, 5) is 14.3. The number of carbonyl (C=O) groups is 1. The molecule has 2 aliphatic rings. The molecular formula is C17H28ClN3O2S. The SMILES string of the molecule is Cc1noc(C)c1CSCC(=O)N1CCC(NCC2CC2)CC1.Cl. The molecule has 0 atom stereocenters. The second kappa shape index (κ2) is 9.11. The number of nitrogens with one attached hydrogen (secondary N) is 1. The lowest BCUT2D eigenvalue weighted by Gasteiger charge is -2.32. The highest BCUT2D eigenvalue weighted by atomic mass is 35.5. The van der Waals surface area contributed by atoms with Gasteiger partial charge < -0.3 is 14.7 Å². The molecule has 5 nitrogen and oxygen atoms in total. The van der Waals surface area contributed by atoms with Gasteiger partial charge in [0.15, 0.2) is 0 Å². The van der Waals surface area contributed by atoms with Crippen molar-refractivity contribution >= 4 is 30.1 Å². The lowest BCUT2D eigenvalue weighted by molar-refractivity contribution is -0.129. The maximum absolute atomic E-state index is 12.3.